The van der Waals surface area contributed by atoms with Crippen LogP contribution in [-0.2, 0) is 7.05 Å². The number of pyridine rings is 1. The van der Waals surface area contributed by atoms with Crippen LogP contribution in [0.25, 0.3) is 43.4 Å². The first-order valence-electron chi connectivity index (χ1n) is 8.19. The van der Waals surface area contributed by atoms with Gasteiger partial charge >= 0.3 is 0 Å². The molecule has 5 rings (SSSR count). The highest BCUT2D eigenvalue weighted by atomic mass is 32.1. The molecule has 0 aliphatic rings. The molecular formula is C20H14N4OS. The van der Waals surface area contributed by atoms with Gasteiger partial charge < -0.3 is 4.98 Å². The highest BCUT2D eigenvalue weighted by Gasteiger charge is 2.17. The molecule has 0 radical (unpaired) electrons. The fraction of sp³-hybridized carbons (Fsp3) is 0.0500. The SMILES string of the molecule is Cn1nc(-c2ccncc2)c2scc(-c3ccc4[nH]ccc4c3)c2c1=O. The lowest BCUT2D eigenvalue weighted by molar-refractivity contribution is 0.723. The predicted octanol–water partition coefficient (Wildman–Crippen LogP) is 4.21. The van der Waals surface area contributed by atoms with Crippen LogP contribution in [0.4, 0.5) is 0 Å². The minimum Gasteiger partial charge on any atom is -0.361 e. The van der Waals surface area contributed by atoms with Crippen molar-refractivity contribution in [2.45, 2.75) is 0 Å². The summed E-state index contributed by atoms with van der Waals surface area (Å²) in [5.41, 5.74) is 4.75. The monoisotopic (exact) mass is 358 g/mol. The fourth-order valence-electron chi connectivity index (χ4n) is 3.28. The van der Waals surface area contributed by atoms with Crippen LogP contribution in [0.5, 0.6) is 0 Å². The molecule has 0 amide bonds. The minimum absolute atomic E-state index is 0.0804. The summed E-state index contributed by atoms with van der Waals surface area (Å²) in [6.45, 7) is 0. The number of rotatable bonds is 2. The van der Waals surface area contributed by atoms with E-state index in [-0.39, 0.29) is 5.56 Å². The van der Waals surface area contributed by atoms with E-state index in [4.69, 9.17) is 0 Å². The number of hydrogen-bond donors (Lipinski definition) is 1. The summed E-state index contributed by atoms with van der Waals surface area (Å²) in [5.74, 6) is 0. The van der Waals surface area contributed by atoms with Gasteiger partial charge in [-0.25, -0.2) is 4.68 Å². The summed E-state index contributed by atoms with van der Waals surface area (Å²) < 4.78 is 2.33. The molecule has 4 heterocycles. The van der Waals surface area contributed by atoms with Crippen LogP contribution >= 0.6 is 11.3 Å². The molecule has 4 aromatic heterocycles. The molecule has 0 bridgehead atoms. The largest absolute Gasteiger partial charge is 0.361 e. The third-order valence-electron chi connectivity index (χ3n) is 4.58. The maximum absolute atomic E-state index is 12.9. The summed E-state index contributed by atoms with van der Waals surface area (Å²) in [4.78, 5) is 20.1. The van der Waals surface area contributed by atoms with Crippen LogP contribution in [0, 0.1) is 0 Å². The molecule has 0 aliphatic carbocycles. The van der Waals surface area contributed by atoms with Crippen molar-refractivity contribution in [2.24, 2.45) is 7.05 Å². The number of benzene rings is 1. The van der Waals surface area contributed by atoms with Gasteiger partial charge in [0.1, 0.15) is 5.69 Å². The molecule has 0 unspecified atom stereocenters. The second-order valence-electron chi connectivity index (χ2n) is 6.15. The van der Waals surface area contributed by atoms with Gasteiger partial charge in [0.2, 0.25) is 0 Å². The molecule has 1 aromatic carbocycles. The standard InChI is InChI=1S/C20H14N4OS/c1-24-20(25)17-15(13-2-3-16-14(10-13)6-9-22-16)11-26-19(17)18(23-24)12-4-7-21-8-5-12/h2-11,22H,1H3. The fourth-order valence-corrected chi connectivity index (χ4v) is 4.35. The van der Waals surface area contributed by atoms with E-state index in [9.17, 15) is 4.79 Å². The zero-order valence-electron chi connectivity index (χ0n) is 13.9. The van der Waals surface area contributed by atoms with Crippen LogP contribution in [0.15, 0.2) is 65.2 Å². The summed E-state index contributed by atoms with van der Waals surface area (Å²) >= 11 is 1.56. The Balaban J connectivity index is 1.83. The van der Waals surface area contributed by atoms with Crippen molar-refractivity contribution in [3.63, 3.8) is 0 Å². The summed E-state index contributed by atoms with van der Waals surface area (Å²) in [6.07, 6.45) is 5.40. The van der Waals surface area contributed by atoms with Crippen molar-refractivity contribution < 1.29 is 0 Å². The molecule has 0 atom stereocenters. The lowest BCUT2D eigenvalue weighted by atomic mass is 10.0. The van der Waals surface area contributed by atoms with Crippen molar-refractivity contribution in [3.8, 4) is 22.4 Å². The van der Waals surface area contributed by atoms with Gasteiger partial charge in [-0.2, -0.15) is 5.10 Å². The van der Waals surface area contributed by atoms with E-state index in [0.717, 1.165) is 38.0 Å². The quantitative estimate of drug-likeness (QED) is 0.514. The first-order valence-corrected chi connectivity index (χ1v) is 9.07. The number of aromatic amines is 1. The Bertz CT molecular complexity index is 1310. The molecular weight excluding hydrogens is 344 g/mol. The van der Waals surface area contributed by atoms with Crippen molar-refractivity contribution in [1.29, 1.82) is 0 Å². The van der Waals surface area contributed by atoms with Gasteiger partial charge in [-0.3, -0.25) is 9.78 Å². The molecule has 26 heavy (non-hydrogen) atoms. The average Bonchev–Trinajstić information content (AvgIpc) is 3.31. The minimum atomic E-state index is -0.0804. The zero-order chi connectivity index (χ0) is 17.7. The van der Waals surface area contributed by atoms with Gasteiger partial charge in [0, 0.05) is 47.7 Å². The van der Waals surface area contributed by atoms with E-state index in [1.54, 1.807) is 30.8 Å². The van der Waals surface area contributed by atoms with Crippen LogP contribution in [0.3, 0.4) is 0 Å². The Morgan fingerprint density at radius 1 is 1.08 bits per heavy atom. The average molecular weight is 358 g/mol. The Kier molecular flexibility index (Phi) is 3.26. The number of thiophene rings is 1. The topological polar surface area (TPSA) is 63.6 Å². The smallest absolute Gasteiger partial charge is 0.275 e. The van der Waals surface area contributed by atoms with Gasteiger partial charge in [0.15, 0.2) is 0 Å². The highest BCUT2D eigenvalue weighted by molar-refractivity contribution is 7.18. The molecule has 0 spiro atoms. The van der Waals surface area contributed by atoms with Gasteiger partial charge in [-0.15, -0.1) is 11.3 Å². The lowest BCUT2D eigenvalue weighted by Crippen LogP contribution is -2.20. The maximum atomic E-state index is 12.9. The second kappa shape index (κ2) is 5.64. The van der Waals surface area contributed by atoms with E-state index in [1.807, 2.05) is 41.9 Å². The normalized spacial score (nSPS) is 11.4. The number of nitrogens with zero attached hydrogens (tertiary/aromatic N) is 3. The molecule has 1 N–H and O–H groups in total. The van der Waals surface area contributed by atoms with Crippen LogP contribution in [0.2, 0.25) is 0 Å². The summed E-state index contributed by atoms with van der Waals surface area (Å²) in [5, 5.41) is 8.39. The van der Waals surface area contributed by atoms with Crippen molar-refractivity contribution in [2.75, 3.05) is 0 Å². The molecule has 0 aliphatic heterocycles. The van der Waals surface area contributed by atoms with Crippen LogP contribution in [-0.4, -0.2) is 19.7 Å². The molecule has 0 saturated carbocycles. The van der Waals surface area contributed by atoms with E-state index in [2.05, 4.69) is 21.1 Å². The van der Waals surface area contributed by atoms with Crippen molar-refractivity contribution in [1.82, 2.24) is 19.7 Å². The predicted molar refractivity (Wildman–Crippen MR) is 105 cm³/mol. The number of nitrogens with one attached hydrogen (secondary N) is 1. The van der Waals surface area contributed by atoms with Crippen LogP contribution < -0.4 is 5.56 Å². The number of aryl methyl sites for hydroxylation is 1. The number of fused-ring (bicyclic) bond motifs is 2. The summed E-state index contributed by atoms with van der Waals surface area (Å²) in [6, 6.07) is 12.1. The molecule has 5 nitrogen and oxygen atoms in total. The van der Waals surface area contributed by atoms with E-state index in [1.165, 1.54) is 4.68 Å². The Morgan fingerprint density at radius 3 is 2.77 bits per heavy atom. The van der Waals surface area contributed by atoms with E-state index in [0.29, 0.717) is 5.39 Å². The molecule has 126 valence electrons. The molecule has 5 aromatic rings. The Hall–Kier alpha value is -3.25. The third-order valence-corrected chi connectivity index (χ3v) is 5.57. The van der Waals surface area contributed by atoms with Gasteiger partial charge in [0.25, 0.3) is 5.56 Å². The van der Waals surface area contributed by atoms with Gasteiger partial charge in [0.05, 0.1) is 10.1 Å². The summed E-state index contributed by atoms with van der Waals surface area (Å²) in [7, 11) is 1.70. The highest BCUT2D eigenvalue weighted by Crippen LogP contribution is 2.37. The Labute approximate surface area is 152 Å². The zero-order valence-corrected chi connectivity index (χ0v) is 14.7. The molecule has 6 heteroatoms. The van der Waals surface area contributed by atoms with Crippen LogP contribution in [0.1, 0.15) is 0 Å². The van der Waals surface area contributed by atoms with Crippen molar-refractivity contribution in [3.05, 3.63) is 70.7 Å². The number of H-pyrrole nitrogens is 1. The number of aromatic nitrogens is 4. The van der Waals surface area contributed by atoms with E-state index < -0.39 is 0 Å². The Morgan fingerprint density at radius 2 is 1.92 bits per heavy atom. The lowest BCUT2D eigenvalue weighted by Gasteiger charge is -2.06. The maximum Gasteiger partial charge on any atom is 0.275 e. The van der Waals surface area contributed by atoms with Crippen molar-refractivity contribution >= 4 is 32.3 Å². The first-order chi connectivity index (χ1) is 12.7. The molecule has 0 saturated heterocycles. The molecule has 0 fully saturated rings. The first kappa shape index (κ1) is 15.0. The van der Waals surface area contributed by atoms with E-state index >= 15 is 0 Å². The number of hydrogen-bond acceptors (Lipinski definition) is 4. The second-order valence-corrected chi connectivity index (χ2v) is 7.03. The van der Waals surface area contributed by atoms with Gasteiger partial charge in [-0.1, -0.05) is 6.07 Å². The van der Waals surface area contributed by atoms with Gasteiger partial charge in [-0.05, 0) is 41.3 Å². The third kappa shape index (κ3) is 2.19.